The van der Waals surface area contributed by atoms with Gasteiger partial charge in [-0.25, -0.2) is 4.79 Å². The summed E-state index contributed by atoms with van der Waals surface area (Å²) in [5, 5.41) is 8.51. The first-order valence-electron chi connectivity index (χ1n) is 7.60. The maximum Gasteiger partial charge on any atom is 0.335 e. The summed E-state index contributed by atoms with van der Waals surface area (Å²) >= 11 is 0. The van der Waals surface area contributed by atoms with Gasteiger partial charge in [-0.3, -0.25) is 4.79 Å². The summed E-state index contributed by atoms with van der Waals surface area (Å²) in [6.45, 7) is 0. The minimum atomic E-state index is -0.923. The third-order valence-corrected chi connectivity index (χ3v) is 3.66. The van der Waals surface area contributed by atoms with E-state index in [0.29, 0.717) is 11.7 Å². The average molecular weight is 328 g/mol. The van der Waals surface area contributed by atoms with Gasteiger partial charge in [-0.1, -0.05) is 0 Å². The highest BCUT2D eigenvalue weighted by Gasteiger charge is 2.30. The third-order valence-electron chi connectivity index (χ3n) is 3.66. The number of rotatable bonds is 5. The van der Waals surface area contributed by atoms with Crippen molar-refractivity contribution in [3.8, 4) is 11.5 Å². The molecule has 0 atom stereocenters. The molecule has 1 aliphatic rings. The van der Waals surface area contributed by atoms with Gasteiger partial charge in [0.2, 0.25) is 0 Å². The summed E-state index contributed by atoms with van der Waals surface area (Å²) in [6, 6.07) is 13.6. The molecule has 5 heteroatoms. The molecule has 1 N–H and O–H groups in total. The zero-order valence-electron chi connectivity index (χ0n) is 13.7. The van der Waals surface area contributed by atoms with Gasteiger partial charge in [0.1, 0.15) is 11.5 Å². The first-order chi connectivity index (χ1) is 11.5. The molecule has 5 nitrogen and oxygen atoms in total. The molecule has 3 rings (SSSR count). The number of Topliss-reactive ketones (excluding diaryl/α,β-unsaturated/α-hetero) is 1. The van der Waals surface area contributed by atoms with Gasteiger partial charge in [-0.2, -0.15) is 0 Å². The van der Waals surface area contributed by atoms with Crippen LogP contribution in [0.2, 0.25) is 0 Å². The second-order valence-electron chi connectivity index (χ2n) is 5.40. The van der Waals surface area contributed by atoms with E-state index in [1.165, 1.54) is 19.2 Å². The number of hydrogen-bond donors (Lipinski definition) is 1. The molecule has 2 aromatic carbocycles. The fourth-order valence-corrected chi connectivity index (χ4v) is 2.07. The van der Waals surface area contributed by atoms with Crippen molar-refractivity contribution in [3.63, 3.8) is 0 Å². The lowest BCUT2D eigenvalue weighted by Crippen LogP contribution is -2.00. The zero-order valence-corrected chi connectivity index (χ0v) is 13.7. The molecule has 0 heterocycles. The Balaban J connectivity index is 0.000000177. The monoisotopic (exact) mass is 328 g/mol. The predicted molar refractivity (Wildman–Crippen MR) is 90.0 cm³/mol. The van der Waals surface area contributed by atoms with Crippen molar-refractivity contribution in [2.75, 3.05) is 14.2 Å². The fraction of sp³-hybridized carbons (Fsp3) is 0.263. The zero-order chi connectivity index (χ0) is 17.5. The number of carboxylic acid groups (broad SMARTS) is 1. The second kappa shape index (κ2) is 8.15. The number of hydrogen-bond acceptors (Lipinski definition) is 4. The molecule has 0 radical (unpaired) electrons. The van der Waals surface area contributed by atoms with Crippen molar-refractivity contribution < 1.29 is 24.2 Å². The lowest BCUT2D eigenvalue weighted by Gasteiger charge is -2.01. The molecule has 0 unspecified atom stereocenters. The SMILES string of the molecule is COc1ccc(C(=O)C2CC2)cc1.COc1ccc(C(=O)O)cc1. The van der Waals surface area contributed by atoms with Crippen molar-refractivity contribution in [2.24, 2.45) is 5.92 Å². The molecule has 0 bridgehead atoms. The molecule has 0 aliphatic heterocycles. The van der Waals surface area contributed by atoms with E-state index in [4.69, 9.17) is 14.6 Å². The van der Waals surface area contributed by atoms with E-state index in [2.05, 4.69) is 0 Å². The highest BCUT2D eigenvalue weighted by Crippen LogP contribution is 2.32. The number of carbonyl (C=O) groups excluding carboxylic acids is 1. The number of ether oxygens (including phenoxy) is 2. The van der Waals surface area contributed by atoms with Crippen molar-refractivity contribution in [1.82, 2.24) is 0 Å². The molecule has 126 valence electrons. The smallest absolute Gasteiger partial charge is 0.335 e. The van der Waals surface area contributed by atoms with Crippen LogP contribution in [0.1, 0.15) is 33.6 Å². The molecule has 1 aliphatic carbocycles. The quantitative estimate of drug-likeness (QED) is 0.848. The van der Waals surface area contributed by atoms with Gasteiger partial charge in [0.05, 0.1) is 19.8 Å². The van der Waals surface area contributed by atoms with Crippen molar-refractivity contribution in [2.45, 2.75) is 12.8 Å². The van der Waals surface area contributed by atoms with Crippen LogP contribution in [0.5, 0.6) is 11.5 Å². The van der Waals surface area contributed by atoms with Crippen LogP contribution in [-0.2, 0) is 0 Å². The Hall–Kier alpha value is -2.82. The van der Waals surface area contributed by atoms with Gasteiger partial charge >= 0.3 is 5.97 Å². The molecule has 0 amide bonds. The number of methoxy groups -OCH3 is 2. The van der Waals surface area contributed by atoms with Gasteiger partial charge in [0.15, 0.2) is 5.78 Å². The molecule has 2 aromatic rings. The molecule has 1 saturated carbocycles. The van der Waals surface area contributed by atoms with E-state index < -0.39 is 5.97 Å². The van der Waals surface area contributed by atoms with Crippen LogP contribution in [-0.4, -0.2) is 31.1 Å². The average Bonchev–Trinajstić information content (AvgIpc) is 3.47. The summed E-state index contributed by atoms with van der Waals surface area (Å²) in [5.41, 5.74) is 1.08. The number of carbonyl (C=O) groups is 2. The highest BCUT2D eigenvalue weighted by molar-refractivity contribution is 5.99. The normalized spacial score (nSPS) is 12.6. The minimum Gasteiger partial charge on any atom is -0.497 e. The van der Waals surface area contributed by atoms with E-state index in [9.17, 15) is 9.59 Å². The van der Waals surface area contributed by atoms with Gasteiger partial charge in [0.25, 0.3) is 0 Å². The summed E-state index contributed by atoms with van der Waals surface area (Å²) in [5.74, 6) is 1.12. The number of aromatic carboxylic acids is 1. The number of ketones is 1. The van der Waals surface area contributed by atoms with Crippen LogP contribution < -0.4 is 9.47 Å². The van der Waals surface area contributed by atoms with Crippen LogP contribution in [0, 0.1) is 5.92 Å². The first-order valence-corrected chi connectivity index (χ1v) is 7.60. The van der Waals surface area contributed by atoms with Crippen molar-refractivity contribution in [3.05, 3.63) is 59.7 Å². The van der Waals surface area contributed by atoms with E-state index in [1.54, 1.807) is 19.2 Å². The van der Waals surface area contributed by atoms with E-state index in [-0.39, 0.29) is 11.3 Å². The molecule has 0 spiro atoms. The van der Waals surface area contributed by atoms with Crippen LogP contribution >= 0.6 is 0 Å². The lowest BCUT2D eigenvalue weighted by atomic mass is 10.1. The largest absolute Gasteiger partial charge is 0.497 e. The van der Waals surface area contributed by atoms with Crippen LogP contribution in [0.15, 0.2) is 48.5 Å². The van der Waals surface area contributed by atoms with Gasteiger partial charge < -0.3 is 14.6 Å². The topological polar surface area (TPSA) is 72.8 Å². The van der Waals surface area contributed by atoms with Crippen LogP contribution in [0.4, 0.5) is 0 Å². The Morgan fingerprint density at radius 1 is 0.833 bits per heavy atom. The molecular formula is C19H20O5. The van der Waals surface area contributed by atoms with Gasteiger partial charge in [-0.15, -0.1) is 0 Å². The van der Waals surface area contributed by atoms with E-state index >= 15 is 0 Å². The lowest BCUT2D eigenvalue weighted by molar-refractivity contribution is 0.0696. The molecule has 24 heavy (non-hydrogen) atoms. The summed E-state index contributed by atoms with van der Waals surface area (Å²) < 4.78 is 9.87. The minimum absolute atomic E-state index is 0.269. The Labute approximate surface area is 140 Å². The number of benzene rings is 2. The van der Waals surface area contributed by atoms with Gasteiger partial charge in [-0.05, 0) is 61.4 Å². The van der Waals surface area contributed by atoms with Gasteiger partial charge in [0, 0.05) is 11.5 Å². The Morgan fingerprint density at radius 3 is 1.58 bits per heavy atom. The summed E-state index contributed by atoms with van der Waals surface area (Å²) in [4.78, 5) is 21.9. The molecule has 0 saturated heterocycles. The number of carboxylic acids is 1. The molecular weight excluding hydrogens is 308 g/mol. The second-order valence-corrected chi connectivity index (χ2v) is 5.40. The Kier molecular flexibility index (Phi) is 5.95. The first kappa shape index (κ1) is 17.5. The van der Waals surface area contributed by atoms with Crippen LogP contribution in [0.3, 0.4) is 0 Å². The highest BCUT2D eigenvalue weighted by atomic mass is 16.5. The fourth-order valence-electron chi connectivity index (χ4n) is 2.07. The van der Waals surface area contributed by atoms with Crippen LogP contribution in [0.25, 0.3) is 0 Å². The Bertz CT molecular complexity index is 685. The summed E-state index contributed by atoms with van der Waals surface area (Å²) in [7, 11) is 3.16. The van der Waals surface area contributed by atoms with Crippen molar-refractivity contribution >= 4 is 11.8 Å². The maximum absolute atomic E-state index is 11.6. The van der Waals surface area contributed by atoms with Crippen molar-refractivity contribution in [1.29, 1.82) is 0 Å². The third kappa shape index (κ3) is 4.84. The maximum atomic E-state index is 11.6. The predicted octanol–water partition coefficient (Wildman–Crippen LogP) is 3.68. The molecule has 0 aromatic heterocycles. The summed E-state index contributed by atoms with van der Waals surface area (Å²) in [6.07, 6.45) is 2.12. The Morgan fingerprint density at radius 2 is 1.25 bits per heavy atom. The van der Waals surface area contributed by atoms with E-state index in [0.717, 1.165) is 24.2 Å². The van der Waals surface area contributed by atoms with E-state index in [1.807, 2.05) is 24.3 Å². The standard InChI is InChI=1S/C11H12O2.C8H8O3/c1-13-10-6-4-9(5-7-10)11(12)8-2-3-8;1-11-7-4-2-6(3-5-7)8(9)10/h4-8H,2-3H2,1H3;2-5H,1H3,(H,9,10). The molecule has 1 fully saturated rings.